The summed E-state index contributed by atoms with van der Waals surface area (Å²) < 4.78 is 0. The number of rotatable bonds is 7. The van der Waals surface area contributed by atoms with Gasteiger partial charge in [0.05, 0.1) is 16.9 Å². The van der Waals surface area contributed by atoms with Crippen LogP contribution >= 0.6 is 0 Å². The van der Waals surface area contributed by atoms with E-state index in [0.717, 1.165) is 52.1 Å². The van der Waals surface area contributed by atoms with Gasteiger partial charge in [-0.25, -0.2) is 4.98 Å². The Morgan fingerprint density at radius 2 is 1.56 bits per heavy atom. The van der Waals surface area contributed by atoms with Crippen LogP contribution in [0.4, 0.5) is 5.69 Å². The fraction of sp³-hybridized carbons (Fsp3) is 0.207. The van der Waals surface area contributed by atoms with Crippen LogP contribution in [0.1, 0.15) is 45.4 Å². The van der Waals surface area contributed by atoms with Crippen molar-refractivity contribution in [1.82, 2.24) is 9.97 Å². The van der Waals surface area contributed by atoms with Crippen LogP contribution in [-0.2, 0) is 0 Å². The van der Waals surface area contributed by atoms with E-state index in [9.17, 15) is 0 Å². The van der Waals surface area contributed by atoms with Gasteiger partial charge in [0.1, 0.15) is 0 Å². The van der Waals surface area contributed by atoms with Gasteiger partial charge in [-0.1, -0.05) is 75.9 Å². The largest absolute Gasteiger partial charge is 0.385 e. The third-order valence-corrected chi connectivity index (χ3v) is 5.26. The van der Waals surface area contributed by atoms with E-state index >= 15 is 0 Å². The highest BCUT2D eigenvalue weighted by Crippen LogP contribution is 2.32. The average Bonchev–Trinajstić information content (AvgIpc) is 3.34. The second-order valence-corrected chi connectivity index (χ2v) is 7.31. The van der Waals surface area contributed by atoms with E-state index in [1.54, 1.807) is 0 Å². The Kier molecular flexibility index (Phi) is 8.04. The predicted molar refractivity (Wildman–Crippen MR) is 142 cm³/mol. The van der Waals surface area contributed by atoms with Gasteiger partial charge >= 0.3 is 0 Å². The predicted octanol–water partition coefficient (Wildman–Crippen LogP) is 8.42. The molecule has 2 N–H and O–H groups in total. The molecule has 0 amide bonds. The zero-order valence-electron chi connectivity index (χ0n) is 19.6. The monoisotopic (exact) mass is 423 g/mol. The molecule has 0 unspecified atom stereocenters. The summed E-state index contributed by atoms with van der Waals surface area (Å²) >= 11 is 0. The number of H-pyrrole nitrogens is 1. The van der Waals surface area contributed by atoms with Gasteiger partial charge in [0.15, 0.2) is 0 Å². The smallest absolute Gasteiger partial charge is 0.0803 e. The number of benzene rings is 2. The van der Waals surface area contributed by atoms with Crippen molar-refractivity contribution in [3.05, 3.63) is 84.7 Å². The van der Waals surface area contributed by atoms with Gasteiger partial charge in [-0.2, -0.15) is 0 Å². The number of hydrogen-bond donors (Lipinski definition) is 2. The molecule has 4 rings (SSSR count). The lowest BCUT2D eigenvalue weighted by molar-refractivity contribution is 0.980. The third kappa shape index (κ3) is 4.83. The molecule has 3 nitrogen and oxygen atoms in total. The van der Waals surface area contributed by atoms with Crippen molar-refractivity contribution in [2.24, 2.45) is 0 Å². The number of fused-ring (bicyclic) bond motifs is 1. The topological polar surface area (TPSA) is 40.7 Å². The van der Waals surface area contributed by atoms with Crippen molar-refractivity contribution in [1.29, 1.82) is 0 Å². The molecule has 32 heavy (non-hydrogen) atoms. The van der Waals surface area contributed by atoms with Crippen molar-refractivity contribution < 1.29 is 0 Å². The number of aromatic amines is 1. The highest BCUT2D eigenvalue weighted by Gasteiger charge is 2.13. The van der Waals surface area contributed by atoms with E-state index in [0.29, 0.717) is 0 Å². The summed E-state index contributed by atoms with van der Waals surface area (Å²) in [5.74, 6) is 0. The molecule has 0 aliphatic rings. The number of anilines is 1. The van der Waals surface area contributed by atoms with Crippen molar-refractivity contribution in [2.75, 3.05) is 11.9 Å². The molecular weight excluding hydrogens is 390 g/mol. The summed E-state index contributed by atoms with van der Waals surface area (Å²) in [5.41, 5.74) is 8.68. The van der Waals surface area contributed by atoms with Crippen molar-refractivity contribution >= 4 is 28.7 Å². The quantitative estimate of drug-likeness (QED) is 0.313. The molecule has 0 fully saturated rings. The second-order valence-electron chi connectivity index (χ2n) is 7.31. The van der Waals surface area contributed by atoms with Crippen LogP contribution in [0.25, 0.3) is 45.4 Å². The van der Waals surface area contributed by atoms with Crippen molar-refractivity contribution in [3.8, 4) is 22.4 Å². The molecule has 2 heterocycles. The molecule has 2 aromatic heterocycles. The highest BCUT2D eigenvalue weighted by atomic mass is 14.9. The van der Waals surface area contributed by atoms with Gasteiger partial charge in [0, 0.05) is 34.9 Å². The summed E-state index contributed by atoms with van der Waals surface area (Å²) in [6.45, 7) is 13.1. The first kappa shape index (κ1) is 23.1. The number of nitrogens with zero attached hydrogens (tertiary/aromatic N) is 1. The number of pyridine rings is 1. The van der Waals surface area contributed by atoms with Crippen LogP contribution in [0.15, 0.2) is 73.4 Å². The minimum absolute atomic E-state index is 0.927. The van der Waals surface area contributed by atoms with Crippen LogP contribution in [0.5, 0.6) is 0 Å². The van der Waals surface area contributed by atoms with E-state index in [4.69, 9.17) is 4.98 Å². The first-order chi connectivity index (χ1) is 15.7. The number of hydrogen-bond acceptors (Lipinski definition) is 2. The Bertz CT molecular complexity index is 1180. The molecule has 0 aliphatic carbocycles. The fourth-order valence-corrected chi connectivity index (χ4v) is 3.74. The number of aromatic nitrogens is 2. The lowest BCUT2D eigenvalue weighted by Crippen LogP contribution is -1.98. The number of allylic oxidation sites excluding steroid dienone is 1. The Hall–Kier alpha value is -3.59. The van der Waals surface area contributed by atoms with Gasteiger partial charge in [-0.3, -0.25) is 0 Å². The van der Waals surface area contributed by atoms with E-state index in [1.807, 2.05) is 45.2 Å². The van der Waals surface area contributed by atoms with Crippen LogP contribution in [0.2, 0.25) is 0 Å². The number of nitrogens with one attached hydrogen (secondary N) is 2. The van der Waals surface area contributed by atoms with Crippen LogP contribution in [0, 0.1) is 0 Å². The minimum Gasteiger partial charge on any atom is -0.385 e. The molecule has 0 saturated carbocycles. The first-order valence-electron chi connectivity index (χ1n) is 11.5. The summed E-state index contributed by atoms with van der Waals surface area (Å²) in [7, 11) is 0. The van der Waals surface area contributed by atoms with Crippen LogP contribution < -0.4 is 5.32 Å². The Morgan fingerprint density at radius 1 is 0.938 bits per heavy atom. The second kappa shape index (κ2) is 11.1. The Morgan fingerprint density at radius 3 is 2.16 bits per heavy atom. The van der Waals surface area contributed by atoms with Crippen molar-refractivity contribution in [2.45, 2.75) is 34.1 Å². The lowest BCUT2D eigenvalue weighted by Gasteiger charge is -2.10. The molecule has 0 saturated heterocycles. The normalized spacial score (nSPS) is 10.8. The Balaban J connectivity index is 0.00000141. The first-order valence-corrected chi connectivity index (χ1v) is 11.5. The SMILES string of the molecule is C=Cc1c(/C=C\C)nc(-c2ccc(-c3ccc(NCCC)cc3)cc2)c2cc[nH]c12.CC. The van der Waals surface area contributed by atoms with Gasteiger partial charge in [0.25, 0.3) is 0 Å². The highest BCUT2D eigenvalue weighted by molar-refractivity contribution is 5.99. The maximum Gasteiger partial charge on any atom is 0.0803 e. The lowest BCUT2D eigenvalue weighted by atomic mass is 9.99. The molecule has 2 aromatic carbocycles. The molecule has 0 atom stereocenters. The maximum atomic E-state index is 4.96. The zero-order valence-corrected chi connectivity index (χ0v) is 19.6. The van der Waals surface area contributed by atoms with Crippen LogP contribution in [0.3, 0.4) is 0 Å². The summed E-state index contributed by atoms with van der Waals surface area (Å²) in [5, 5.41) is 4.53. The summed E-state index contributed by atoms with van der Waals surface area (Å²) in [4.78, 5) is 8.31. The zero-order chi connectivity index (χ0) is 22.9. The fourth-order valence-electron chi connectivity index (χ4n) is 3.74. The van der Waals surface area contributed by atoms with Gasteiger partial charge in [-0.05, 0) is 48.7 Å². The Labute approximate surface area is 191 Å². The van der Waals surface area contributed by atoms with Gasteiger partial charge in [0.2, 0.25) is 0 Å². The van der Waals surface area contributed by atoms with Crippen molar-refractivity contribution in [3.63, 3.8) is 0 Å². The van der Waals surface area contributed by atoms with Crippen LogP contribution in [-0.4, -0.2) is 16.5 Å². The maximum absolute atomic E-state index is 4.96. The molecule has 164 valence electrons. The van der Waals surface area contributed by atoms with E-state index in [2.05, 4.69) is 78.4 Å². The average molecular weight is 424 g/mol. The molecule has 3 heteroatoms. The molecule has 0 radical (unpaired) electrons. The molecule has 0 aliphatic heterocycles. The standard InChI is InChI=1S/C27H27N3.C2H6/c1-4-7-25-23(6-3)27-24(16-18-29-27)26(30-25)21-10-8-19(9-11-21)20-12-14-22(15-13-20)28-17-5-2;1-2/h4,6-16,18,28-29H,3,5,17H2,1-2H3;1-2H3/b7-4-;. The minimum atomic E-state index is 0.927. The van der Waals surface area contributed by atoms with Gasteiger partial charge in [-0.15, -0.1) is 0 Å². The molecule has 4 aromatic rings. The summed E-state index contributed by atoms with van der Waals surface area (Å²) in [6, 6.07) is 19.3. The molecular formula is C29H33N3. The van der Waals surface area contributed by atoms with E-state index in [-0.39, 0.29) is 0 Å². The molecule has 0 bridgehead atoms. The van der Waals surface area contributed by atoms with E-state index in [1.165, 1.54) is 11.1 Å². The van der Waals surface area contributed by atoms with E-state index < -0.39 is 0 Å². The summed E-state index contributed by atoms with van der Waals surface area (Å²) in [6.07, 6.45) is 8.99. The van der Waals surface area contributed by atoms with Gasteiger partial charge < -0.3 is 10.3 Å². The third-order valence-electron chi connectivity index (χ3n) is 5.26. The molecule has 0 spiro atoms.